The van der Waals surface area contributed by atoms with Crippen LogP contribution in [0.15, 0.2) is 12.1 Å². The number of carbonyl (C=O) groups is 1. The predicted octanol–water partition coefficient (Wildman–Crippen LogP) is 1.31. The SMILES string of the molecule is COc1cc(Cl)c(NC(=O)c2nc(N)n[nH]2)cc1OC. The van der Waals surface area contributed by atoms with Gasteiger partial charge in [-0.2, -0.15) is 4.98 Å². The van der Waals surface area contributed by atoms with Crippen LogP contribution in [0.25, 0.3) is 0 Å². The van der Waals surface area contributed by atoms with E-state index in [0.29, 0.717) is 22.2 Å². The van der Waals surface area contributed by atoms with Gasteiger partial charge in [0.15, 0.2) is 11.5 Å². The third-order valence-electron chi connectivity index (χ3n) is 2.44. The molecule has 0 spiro atoms. The maximum Gasteiger partial charge on any atom is 0.293 e. The van der Waals surface area contributed by atoms with E-state index in [1.165, 1.54) is 20.3 Å². The quantitative estimate of drug-likeness (QED) is 0.783. The molecule has 4 N–H and O–H groups in total. The summed E-state index contributed by atoms with van der Waals surface area (Å²) < 4.78 is 10.2. The normalized spacial score (nSPS) is 10.2. The van der Waals surface area contributed by atoms with Crippen molar-refractivity contribution in [3.8, 4) is 11.5 Å². The highest BCUT2D eigenvalue weighted by molar-refractivity contribution is 6.34. The van der Waals surface area contributed by atoms with Crippen LogP contribution in [0.4, 0.5) is 11.6 Å². The summed E-state index contributed by atoms with van der Waals surface area (Å²) >= 11 is 6.05. The molecule has 1 heterocycles. The Labute approximate surface area is 119 Å². The Morgan fingerprint density at radius 3 is 2.55 bits per heavy atom. The molecule has 1 aromatic carbocycles. The molecule has 0 radical (unpaired) electrons. The second-order valence-corrected chi connectivity index (χ2v) is 4.09. The van der Waals surface area contributed by atoms with Crippen LogP contribution in [0.1, 0.15) is 10.6 Å². The van der Waals surface area contributed by atoms with Crippen molar-refractivity contribution in [3.63, 3.8) is 0 Å². The fraction of sp³-hybridized carbons (Fsp3) is 0.182. The molecule has 2 rings (SSSR count). The molecule has 20 heavy (non-hydrogen) atoms. The number of aromatic nitrogens is 3. The molecule has 1 aromatic heterocycles. The number of nitrogens with two attached hydrogens (primary N) is 1. The van der Waals surface area contributed by atoms with Crippen LogP contribution < -0.4 is 20.5 Å². The lowest BCUT2D eigenvalue weighted by molar-refractivity contribution is 0.101. The van der Waals surface area contributed by atoms with Crippen molar-refractivity contribution in [2.24, 2.45) is 0 Å². The van der Waals surface area contributed by atoms with Gasteiger partial charge in [-0.3, -0.25) is 9.89 Å². The maximum absolute atomic E-state index is 11.9. The molecule has 0 unspecified atom stereocenters. The van der Waals surface area contributed by atoms with Gasteiger partial charge < -0.3 is 20.5 Å². The number of hydrogen-bond acceptors (Lipinski definition) is 6. The van der Waals surface area contributed by atoms with E-state index in [1.54, 1.807) is 6.07 Å². The third-order valence-corrected chi connectivity index (χ3v) is 2.75. The minimum atomic E-state index is -0.525. The Hall–Kier alpha value is -2.48. The molecule has 0 fully saturated rings. The van der Waals surface area contributed by atoms with Gasteiger partial charge in [0, 0.05) is 12.1 Å². The van der Waals surface area contributed by atoms with Crippen molar-refractivity contribution in [2.75, 3.05) is 25.3 Å². The zero-order valence-corrected chi connectivity index (χ0v) is 11.5. The minimum absolute atomic E-state index is 0.0199. The van der Waals surface area contributed by atoms with Crippen molar-refractivity contribution >= 4 is 29.1 Å². The van der Waals surface area contributed by atoms with Gasteiger partial charge in [0.05, 0.1) is 24.9 Å². The van der Waals surface area contributed by atoms with Gasteiger partial charge >= 0.3 is 0 Å². The van der Waals surface area contributed by atoms with Crippen molar-refractivity contribution in [1.82, 2.24) is 15.2 Å². The van der Waals surface area contributed by atoms with Gasteiger partial charge in [-0.25, -0.2) is 0 Å². The fourth-order valence-corrected chi connectivity index (χ4v) is 1.71. The highest BCUT2D eigenvalue weighted by Gasteiger charge is 2.15. The number of halogens is 1. The van der Waals surface area contributed by atoms with E-state index in [9.17, 15) is 4.79 Å². The molecule has 2 aromatic rings. The van der Waals surface area contributed by atoms with Crippen LogP contribution in [0.2, 0.25) is 5.02 Å². The van der Waals surface area contributed by atoms with E-state index >= 15 is 0 Å². The van der Waals surface area contributed by atoms with E-state index in [-0.39, 0.29) is 11.8 Å². The van der Waals surface area contributed by atoms with Crippen molar-refractivity contribution < 1.29 is 14.3 Å². The smallest absolute Gasteiger partial charge is 0.293 e. The second-order valence-electron chi connectivity index (χ2n) is 3.68. The van der Waals surface area contributed by atoms with E-state index in [0.717, 1.165) is 0 Å². The first-order chi connectivity index (χ1) is 9.55. The minimum Gasteiger partial charge on any atom is -0.493 e. The van der Waals surface area contributed by atoms with E-state index in [2.05, 4.69) is 20.5 Å². The summed E-state index contributed by atoms with van der Waals surface area (Å²) in [5, 5.41) is 8.83. The zero-order valence-electron chi connectivity index (χ0n) is 10.7. The monoisotopic (exact) mass is 297 g/mol. The highest BCUT2D eigenvalue weighted by Crippen LogP contribution is 2.36. The number of ether oxygens (including phenoxy) is 2. The van der Waals surface area contributed by atoms with Crippen molar-refractivity contribution in [3.05, 3.63) is 23.0 Å². The zero-order chi connectivity index (χ0) is 14.7. The number of aromatic amines is 1. The molecule has 0 saturated carbocycles. The summed E-state index contributed by atoms with van der Waals surface area (Å²) in [6, 6.07) is 3.07. The molecule has 0 saturated heterocycles. The first-order valence-electron chi connectivity index (χ1n) is 5.46. The first-order valence-corrected chi connectivity index (χ1v) is 5.83. The fourth-order valence-electron chi connectivity index (χ4n) is 1.51. The van der Waals surface area contributed by atoms with Gasteiger partial charge in [-0.1, -0.05) is 11.6 Å². The Kier molecular flexibility index (Phi) is 3.94. The van der Waals surface area contributed by atoms with Gasteiger partial charge in [0.2, 0.25) is 11.8 Å². The number of hydrogen-bond donors (Lipinski definition) is 3. The average molecular weight is 298 g/mol. The van der Waals surface area contributed by atoms with Gasteiger partial charge in [0.25, 0.3) is 5.91 Å². The number of nitrogens with one attached hydrogen (secondary N) is 2. The van der Waals surface area contributed by atoms with E-state index < -0.39 is 5.91 Å². The largest absolute Gasteiger partial charge is 0.493 e. The molecule has 0 aliphatic heterocycles. The van der Waals surface area contributed by atoms with Gasteiger partial charge in [-0.15, -0.1) is 5.10 Å². The van der Waals surface area contributed by atoms with Crippen LogP contribution >= 0.6 is 11.6 Å². The summed E-state index contributed by atoms with van der Waals surface area (Å²) in [7, 11) is 2.97. The summed E-state index contributed by atoms with van der Waals surface area (Å²) in [5.41, 5.74) is 5.68. The Balaban J connectivity index is 2.27. The summed E-state index contributed by atoms with van der Waals surface area (Å²) in [6.07, 6.45) is 0. The predicted molar refractivity (Wildman–Crippen MR) is 73.3 cm³/mol. The molecule has 106 valence electrons. The molecule has 0 aliphatic rings. The van der Waals surface area contributed by atoms with E-state index in [1.807, 2.05) is 0 Å². The molecule has 1 amide bonds. The summed E-state index contributed by atoms with van der Waals surface area (Å²) in [6.45, 7) is 0. The number of carbonyl (C=O) groups excluding carboxylic acids is 1. The number of benzene rings is 1. The summed E-state index contributed by atoms with van der Waals surface area (Å²) in [4.78, 5) is 15.6. The highest BCUT2D eigenvalue weighted by atomic mass is 35.5. The first kappa shape index (κ1) is 13.9. The average Bonchev–Trinajstić information content (AvgIpc) is 2.87. The molecule has 0 atom stereocenters. The molecule has 9 heteroatoms. The number of methoxy groups -OCH3 is 2. The number of amides is 1. The van der Waals surface area contributed by atoms with Crippen molar-refractivity contribution in [2.45, 2.75) is 0 Å². The number of nitrogens with zero attached hydrogens (tertiary/aromatic N) is 2. The number of nitrogen functional groups attached to an aromatic ring is 1. The second kappa shape index (κ2) is 5.66. The number of H-pyrrole nitrogens is 1. The standard InChI is InChI=1S/C11H12ClN5O3/c1-19-7-3-5(12)6(4-8(7)20-2)14-10(18)9-15-11(13)17-16-9/h3-4H,1-2H3,(H,14,18)(H3,13,15,16,17). The molecule has 8 nitrogen and oxygen atoms in total. The lowest BCUT2D eigenvalue weighted by Gasteiger charge is -2.11. The van der Waals surface area contributed by atoms with Crippen LogP contribution in [-0.2, 0) is 0 Å². The Bertz CT molecular complexity index is 643. The maximum atomic E-state index is 11.9. The van der Waals surface area contributed by atoms with Gasteiger partial charge in [0.1, 0.15) is 0 Å². The topological polar surface area (TPSA) is 115 Å². The van der Waals surface area contributed by atoms with Crippen molar-refractivity contribution in [1.29, 1.82) is 0 Å². The van der Waals surface area contributed by atoms with Gasteiger partial charge in [-0.05, 0) is 0 Å². The van der Waals surface area contributed by atoms with Crippen LogP contribution in [0.3, 0.4) is 0 Å². The molecular formula is C11H12ClN5O3. The number of anilines is 2. The van der Waals surface area contributed by atoms with Crippen LogP contribution in [0.5, 0.6) is 11.5 Å². The number of rotatable bonds is 4. The lowest BCUT2D eigenvalue weighted by atomic mass is 10.2. The molecular weight excluding hydrogens is 286 g/mol. The Morgan fingerprint density at radius 1 is 1.35 bits per heavy atom. The van der Waals surface area contributed by atoms with E-state index in [4.69, 9.17) is 26.8 Å². The lowest BCUT2D eigenvalue weighted by Crippen LogP contribution is -2.14. The van der Waals surface area contributed by atoms with Crippen LogP contribution in [-0.4, -0.2) is 35.3 Å². The third kappa shape index (κ3) is 2.75. The van der Waals surface area contributed by atoms with Crippen LogP contribution in [0, 0.1) is 0 Å². The summed E-state index contributed by atoms with van der Waals surface area (Å²) in [5.74, 6) is 0.328. The molecule has 0 aliphatic carbocycles. The Morgan fingerprint density at radius 2 is 2.00 bits per heavy atom. The molecule has 0 bridgehead atoms.